The Morgan fingerprint density at radius 1 is 0.556 bits per heavy atom. The first-order chi connectivity index (χ1) is 13.2. The smallest absolute Gasteiger partial charge is 0.338 e. The van der Waals surface area contributed by atoms with Crippen LogP contribution in [0.3, 0.4) is 0 Å². The lowest BCUT2D eigenvalue weighted by molar-refractivity contribution is -0.152. The third kappa shape index (κ3) is 20.8. The van der Waals surface area contributed by atoms with E-state index in [4.69, 9.17) is 4.74 Å². The van der Waals surface area contributed by atoms with E-state index in [0.717, 1.165) is 25.7 Å². The quantitative estimate of drug-likeness (QED) is 0.108. The van der Waals surface area contributed by atoms with Crippen LogP contribution >= 0.6 is 0 Å². The number of hydrogen-bond donors (Lipinski definition) is 0. The predicted molar refractivity (Wildman–Crippen MR) is 115 cm³/mol. The van der Waals surface area contributed by atoms with Gasteiger partial charge in [0.05, 0.1) is 0 Å². The van der Waals surface area contributed by atoms with Crippen LogP contribution in [0.2, 0.25) is 0 Å². The monoisotopic (exact) mass is 378 g/mol. The van der Waals surface area contributed by atoms with Crippen molar-refractivity contribution in [3.63, 3.8) is 0 Å². The average Bonchev–Trinajstić information content (AvgIpc) is 2.65. The molecule has 3 nitrogen and oxygen atoms in total. The highest BCUT2D eigenvalue weighted by Gasteiger charge is 2.02. The van der Waals surface area contributed by atoms with Gasteiger partial charge in [-0.25, -0.2) is 9.59 Å². The Bertz CT molecular complexity index is 372. The van der Waals surface area contributed by atoms with Crippen LogP contribution in [-0.4, -0.2) is 11.9 Å². The number of carbonyl (C=O) groups is 2. The molecule has 0 aliphatic carbocycles. The summed E-state index contributed by atoms with van der Waals surface area (Å²) in [5.74, 6) is -1.13. The third-order valence-corrected chi connectivity index (χ3v) is 4.66. The summed E-state index contributed by atoms with van der Waals surface area (Å²) < 4.78 is 4.74. The third-order valence-electron chi connectivity index (χ3n) is 4.66. The molecule has 0 aliphatic heterocycles. The van der Waals surface area contributed by atoms with Crippen molar-refractivity contribution in [2.24, 2.45) is 0 Å². The van der Waals surface area contributed by atoms with E-state index in [1.807, 2.05) is 12.2 Å². The van der Waals surface area contributed by atoms with Crippen LogP contribution in [0, 0.1) is 0 Å². The van der Waals surface area contributed by atoms with Crippen molar-refractivity contribution in [1.29, 1.82) is 0 Å². The number of ether oxygens (including phenoxy) is 1. The molecule has 0 atom stereocenters. The second kappa shape index (κ2) is 20.9. The van der Waals surface area contributed by atoms with E-state index >= 15 is 0 Å². The first-order valence-corrected chi connectivity index (χ1v) is 11.3. The standard InChI is InChI=1S/C24H42O3/c1-3-5-7-9-11-13-15-17-19-21-23(25)27-24(26)22-20-18-16-14-12-10-8-6-4-2/h19-22H,3-18H2,1-2H3/b21-19+,22-20+. The van der Waals surface area contributed by atoms with E-state index in [-0.39, 0.29) is 0 Å². The molecular formula is C24H42O3. The summed E-state index contributed by atoms with van der Waals surface area (Å²) in [6.45, 7) is 4.45. The lowest BCUT2D eigenvalue weighted by Crippen LogP contribution is -2.06. The van der Waals surface area contributed by atoms with E-state index in [1.165, 1.54) is 89.2 Å². The van der Waals surface area contributed by atoms with Crippen molar-refractivity contribution in [3.05, 3.63) is 24.3 Å². The Kier molecular flexibility index (Phi) is 19.9. The molecule has 0 spiro atoms. The molecule has 0 amide bonds. The summed E-state index contributed by atoms with van der Waals surface area (Å²) in [6, 6.07) is 0. The van der Waals surface area contributed by atoms with Crippen molar-refractivity contribution >= 4 is 11.9 Å². The zero-order chi connectivity index (χ0) is 20.0. The van der Waals surface area contributed by atoms with E-state index in [9.17, 15) is 9.59 Å². The summed E-state index contributed by atoms with van der Waals surface area (Å²) in [6.07, 6.45) is 25.7. The molecular weight excluding hydrogens is 336 g/mol. The SMILES string of the molecule is CCCCCCCCC/C=C/C(=O)OC(=O)/C=C/CCCCCCCCC. The fourth-order valence-electron chi connectivity index (χ4n) is 2.96. The van der Waals surface area contributed by atoms with Crippen molar-refractivity contribution < 1.29 is 14.3 Å². The van der Waals surface area contributed by atoms with Gasteiger partial charge >= 0.3 is 11.9 Å². The second-order valence-corrected chi connectivity index (χ2v) is 7.36. The number of hydrogen-bond acceptors (Lipinski definition) is 3. The molecule has 0 aromatic rings. The Hall–Kier alpha value is -1.38. The molecule has 156 valence electrons. The summed E-state index contributed by atoms with van der Waals surface area (Å²) in [4.78, 5) is 23.1. The lowest BCUT2D eigenvalue weighted by atomic mass is 10.1. The van der Waals surface area contributed by atoms with Crippen LogP contribution in [0.15, 0.2) is 24.3 Å². The second-order valence-electron chi connectivity index (χ2n) is 7.36. The number of carbonyl (C=O) groups excluding carboxylic acids is 2. The topological polar surface area (TPSA) is 43.4 Å². The normalized spacial score (nSPS) is 11.5. The van der Waals surface area contributed by atoms with Gasteiger partial charge in [-0.2, -0.15) is 0 Å². The summed E-state index contributed by atoms with van der Waals surface area (Å²) in [5, 5.41) is 0. The van der Waals surface area contributed by atoms with Gasteiger partial charge in [-0.15, -0.1) is 0 Å². The first-order valence-electron chi connectivity index (χ1n) is 11.3. The molecule has 0 heterocycles. The molecule has 0 aromatic heterocycles. The fraction of sp³-hybridized carbons (Fsp3) is 0.750. The van der Waals surface area contributed by atoms with Crippen LogP contribution in [0.25, 0.3) is 0 Å². The van der Waals surface area contributed by atoms with Crippen molar-refractivity contribution in [1.82, 2.24) is 0 Å². The molecule has 0 aromatic carbocycles. The van der Waals surface area contributed by atoms with Crippen molar-refractivity contribution in [3.8, 4) is 0 Å². The lowest BCUT2D eigenvalue weighted by Gasteiger charge is -1.99. The summed E-state index contributed by atoms with van der Waals surface area (Å²) in [5.41, 5.74) is 0. The Morgan fingerprint density at radius 2 is 0.889 bits per heavy atom. The van der Waals surface area contributed by atoms with Gasteiger partial charge in [0.25, 0.3) is 0 Å². The Balaban J connectivity index is 3.55. The van der Waals surface area contributed by atoms with Gasteiger partial charge in [0.15, 0.2) is 0 Å². The molecule has 0 aliphatic rings. The molecule has 3 heteroatoms. The molecule has 0 N–H and O–H groups in total. The van der Waals surface area contributed by atoms with E-state index in [2.05, 4.69) is 13.8 Å². The van der Waals surface area contributed by atoms with Gasteiger partial charge in [0.1, 0.15) is 0 Å². The maximum Gasteiger partial charge on any atom is 0.338 e. The average molecular weight is 379 g/mol. The maximum atomic E-state index is 11.6. The minimum atomic E-state index is -0.566. The Labute approximate surface area is 167 Å². The highest BCUT2D eigenvalue weighted by Crippen LogP contribution is 2.09. The molecule has 0 saturated heterocycles. The molecule has 0 saturated carbocycles. The largest absolute Gasteiger partial charge is 0.387 e. The van der Waals surface area contributed by atoms with Crippen LogP contribution in [0.5, 0.6) is 0 Å². The highest BCUT2D eigenvalue weighted by molar-refractivity contribution is 5.96. The molecule has 27 heavy (non-hydrogen) atoms. The van der Waals surface area contributed by atoms with E-state index in [1.54, 1.807) is 0 Å². The minimum absolute atomic E-state index is 0.566. The minimum Gasteiger partial charge on any atom is -0.387 e. The van der Waals surface area contributed by atoms with Gasteiger partial charge in [-0.05, 0) is 25.7 Å². The van der Waals surface area contributed by atoms with Gasteiger partial charge in [-0.1, -0.05) is 103 Å². The fourth-order valence-corrected chi connectivity index (χ4v) is 2.96. The molecule has 0 rings (SSSR count). The molecule has 0 unspecified atom stereocenters. The number of esters is 2. The summed E-state index contributed by atoms with van der Waals surface area (Å²) >= 11 is 0. The maximum absolute atomic E-state index is 11.6. The molecule has 0 radical (unpaired) electrons. The van der Waals surface area contributed by atoms with Crippen LogP contribution in [0.4, 0.5) is 0 Å². The van der Waals surface area contributed by atoms with Gasteiger partial charge in [0.2, 0.25) is 0 Å². The van der Waals surface area contributed by atoms with Gasteiger partial charge in [0, 0.05) is 12.2 Å². The number of rotatable bonds is 18. The van der Waals surface area contributed by atoms with Crippen LogP contribution < -0.4 is 0 Å². The zero-order valence-electron chi connectivity index (χ0n) is 17.8. The van der Waals surface area contributed by atoms with Gasteiger partial charge in [-0.3, -0.25) is 0 Å². The van der Waals surface area contributed by atoms with Crippen LogP contribution in [-0.2, 0) is 14.3 Å². The van der Waals surface area contributed by atoms with Crippen molar-refractivity contribution in [2.45, 2.75) is 117 Å². The highest BCUT2D eigenvalue weighted by atomic mass is 16.6. The van der Waals surface area contributed by atoms with E-state index < -0.39 is 11.9 Å². The number of allylic oxidation sites excluding steroid dienone is 2. The van der Waals surface area contributed by atoms with Crippen molar-refractivity contribution in [2.75, 3.05) is 0 Å². The first kappa shape index (κ1) is 25.6. The Morgan fingerprint density at radius 3 is 1.26 bits per heavy atom. The number of unbranched alkanes of at least 4 members (excludes halogenated alkanes) is 14. The molecule has 0 bridgehead atoms. The zero-order valence-corrected chi connectivity index (χ0v) is 17.8. The summed E-state index contributed by atoms with van der Waals surface area (Å²) in [7, 11) is 0. The predicted octanol–water partition coefficient (Wildman–Crippen LogP) is 7.45. The van der Waals surface area contributed by atoms with Crippen LogP contribution in [0.1, 0.15) is 117 Å². The molecule has 0 fully saturated rings. The van der Waals surface area contributed by atoms with Gasteiger partial charge < -0.3 is 4.74 Å². The van der Waals surface area contributed by atoms with E-state index in [0.29, 0.717) is 0 Å².